The van der Waals surface area contributed by atoms with Gasteiger partial charge in [0.15, 0.2) is 0 Å². The van der Waals surface area contributed by atoms with Crippen LogP contribution in [0.15, 0.2) is 11.6 Å². The number of carbonyl (C=O) groups excluding carboxylic acids is 1. The zero-order valence-corrected chi connectivity index (χ0v) is 9.89. The number of esters is 1. The molecule has 0 aliphatic rings. The molecule has 0 amide bonds. The first-order chi connectivity index (χ1) is 6.96. The van der Waals surface area contributed by atoms with Gasteiger partial charge in [0.1, 0.15) is 0 Å². The van der Waals surface area contributed by atoms with E-state index in [9.17, 15) is 4.79 Å². The summed E-state index contributed by atoms with van der Waals surface area (Å²) in [4.78, 5) is 11.2. The first kappa shape index (κ1) is 13.7. The Labute approximate surface area is 91.9 Å². The normalized spacial score (nSPS) is 12.1. The van der Waals surface area contributed by atoms with Crippen LogP contribution in [0.4, 0.5) is 0 Å². The van der Waals surface area contributed by atoms with Crippen LogP contribution in [-0.2, 0) is 9.53 Å². The Balaban J connectivity index is 4.27. The van der Waals surface area contributed by atoms with Gasteiger partial charge in [-0.05, 0) is 20.3 Å². The molecule has 0 spiro atoms. The molecule has 0 saturated heterocycles. The van der Waals surface area contributed by atoms with Crippen molar-refractivity contribution in [3.63, 3.8) is 0 Å². The van der Waals surface area contributed by atoms with E-state index in [0.717, 1.165) is 0 Å². The lowest BCUT2D eigenvalue weighted by atomic mass is 10.1. The van der Waals surface area contributed by atoms with Gasteiger partial charge in [-0.25, -0.2) is 4.79 Å². The number of methoxy groups -OCH3 is 1. The summed E-state index contributed by atoms with van der Waals surface area (Å²) < 4.78 is 4.64. The number of hydrogen-bond donors (Lipinski definition) is 1. The molecule has 0 fully saturated rings. The van der Waals surface area contributed by atoms with E-state index in [2.05, 4.69) is 16.0 Å². The fraction of sp³-hybridized carbons (Fsp3) is 0.583. The molecule has 0 bridgehead atoms. The number of carbonyl (C=O) groups is 1. The fourth-order valence-electron chi connectivity index (χ4n) is 0.984. The second-order valence-electron chi connectivity index (χ2n) is 3.72. The van der Waals surface area contributed by atoms with Crippen LogP contribution in [0.25, 0.3) is 0 Å². The Kier molecular flexibility index (Phi) is 5.73. The standard InChI is InChI=1S/C12H19NO2/c1-6-10(11(14)15-5)8-9-13-12(3,4)7-2/h2,8,13H,6,9H2,1,3-5H3. The third-order valence-corrected chi connectivity index (χ3v) is 2.08. The van der Waals surface area contributed by atoms with Crippen LogP contribution in [0.3, 0.4) is 0 Å². The quantitative estimate of drug-likeness (QED) is 0.423. The lowest BCUT2D eigenvalue weighted by Gasteiger charge is -2.18. The minimum absolute atomic E-state index is 0.280. The highest BCUT2D eigenvalue weighted by Gasteiger charge is 2.12. The molecular formula is C12H19NO2. The van der Waals surface area contributed by atoms with Crippen molar-refractivity contribution in [3.05, 3.63) is 11.6 Å². The van der Waals surface area contributed by atoms with E-state index in [-0.39, 0.29) is 11.5 Å². The van der Waals surface area contributed by atoms with Crippen molar-refractivity contribution in [2.45, 2.75) is 32.7 Å². The molecule has 0 aromatic rings. The highest BCUT2D eigenvalue weighted by Crippen LogP contribution is 2.03. The molecule has 0 unspecified atom stereocenters. The number of nitrogens with one attached hydrogen (secondary N) is 1. The molecule has 0 aromatic carbocycles. The molecule has 84 valence electrons. The average molecular weight is 209 g/mol. The van der Waals surface area contributed by atoms with E-state index in [1.54, 1.807) is 0 Å². The summed E-state index contributed by atoms with van der Waals surface area (Å²) >= 11 is 0. The third kappa shape index (κ3) is 5.24. The Morgan fingerprint density at radius 1 is 1.60 bits per heavy atom. The van der Waals surface area contributed by atoms with Crippen molar-refractivity contribution in [1.82, 2.24) is 5.32 Å². The van der Waals surface area contributed by atoms with Crippen LogP contribution in [0.5, 0.6) is 0 Å². The van der Waals surface area contributed by atoms with Crippen molar-refractivity contribution in [1.29, 1.82) is 0 Å². The van der Waals surface area contributed by atoms with Crippen LogP contribution >= 0.6 is 0 Å². The molecule has 3 nitrogen and oxygen atoms in total. The van der Waals surface area contributed by atoms with Gasteiger partial charge >= 0.3 is 5.97 Å². The monoisotopic (exact) mass is 209 g/mol. The van der Waals surface area contributed by atoms with Gasteiger partial charge in [-0.15, -0.1) is 6.42 Å². The Bertz CT molecular complexity index is 284. The highest BCUT2D eigenvalue weighted by atomic mass is 16.5. The lowest BCUT2D eigenvalue weighted by molar-refractivity contribution is -0.136. The maximum atomic E-state index is 11.2. The van der Waals surface area contributed by atoms with E-state index in [1.807, 2.05) is 26.8 Å². The van der Waals surface area contributed by atoms with Crippen molar-refractivity contribution in [3.8, 4) is 12.3 Å². The number of rotatable bonds is 5. The van der Waals surface area contributed by atoms with Gasteiger partial charge in [-0.1, -0.05) is 18.9 Å². The SMILES string of the molecule is C#CC(C)(C)NCC=C(CC)C(=O)OC. The molecule has 1 N–H and O–H groups in total. The molecule has 0 heterocycles. The second-order valence-corrected chi connectivity index (χ2v) is 3.72. The van der Waals surface area contributed by atoms with E-state index in [1.165, 1.54) is 7.11 Å². The minimum atomic E-state index is -0.356. The molecule has 0 atom stereocenters. The molecular weight excluding hydrogens is 190 g/mol. The number of hydrogen-bond acceptors (Lipinski definition) is 3. The van der Waals surface area contributed by atoms with E-state index in [0.29, 0.717) is 18.5 Å². The van der Waals surface area contributed by atoms with Gasteiger partial charge in [0.25, 0.3) is 0 Å². The van der Waals surface area contributed by atoms with Crippen LogP contribution in [0.2, 0.25) is 0 Å². The first-order valence-electron chi connectivity index (χ1n) is 4.97. The zero-order chi connectivity index (χ0) is 11.9. The van der Waals surface area contributed by atoms with Crippen LogP contribution in [0, 0.1) is 12.3 Å². The van der Waals surface area contributed by atoms with Crippen molar-refractivity contribution in [2.75, 3.05) is 13.7 Å². The smallest absolute Gasteiger partial charge is 0.333 e. The Morgan fingerprint density at radius 3 is 2.60 bits per heavy atom. The maximum absolute atomic E-state index is 11.2. The number of terminal acetylenes is 1. The Morgan fingerprint density at radius 2 is 2.20 bits per heavy atom. The number of ether oxygens (including phenoxy) is 1. The molecule has 0 radical (unpaired) electrons. The fourth-order valence-corrected chi connectivity index (χ4v) is 0.984. The molecule has 0 aliphatic carbocycles. The van der Waals surface area contributed by atoms with Crippen LogP contribution < -0.4 is 5.32 Å². The third-order valence-electron chi connectivity index (χ3n) is 2.08. The lowest BCUT2D eigenvalue weighted by Crippen LogP contribution is -2.37. The van der Waals surface area contributed by atoms with Crippen molar-refractivity contribution in [2.24, 2.45) is 0 Å². The molecule has 0 aliphatic heterocycles. The van der Waals surface area contributed by atoms with Gasteiger partial charge in [0, 0.05) is 12.1 Å². The van der Waals surface area contributed by atoms with E-state index < -0.39 is 0 Å². The average Bonchev–Trinajstić information content (AvgIpc) is 2.23. The molecule has 0 saturated carbocycles. The summed E-state index contributed by atoms with van der Waals surface area (Å²) in [6.45, 7) is 6.29. The summed E-state index contributed by atoms with van der Waals surface area (Å²) in [6, 6.07) is 0. The predicted octanol–water partition coefficient (Wildman–Crippen LogP) is 1.50. The minimum Gasteiger partial charge on any atom is -0.466 e. The summed E-state index contributed by atoms with van der Waals surface area (Å²) in [5.74, 6) is 2.34. The van der Waals surface area contributed by atoms with Crippen LogP contribution in [-0.4, -0.2) is 25.2 Å². The van der Waals surface area contributed by atoms with Gasteiger partial charge in [0.05, 0.1) is 12.6 Å². The molecule has 0 rings (SSSR count). The predicted molar refractivity (Wildman–Crippen MR) is 61.3 cm³/mol. The summed E-state index contributed by atoms with van der Waals surface area (Å²) in [7, 11) is 1.38. The molecule has 0 aromatic heterocycles. The molecule has 15 heavy (non-hydrogen) atoms. The summed E-state index contributed by atoms with van der Waals surface area (Å²) in [5.41, 5.74) is 0.309. The largest absolute Gasteiger partial charge is 0.466 e. The van der Waals surface area contributed by atoms with Crippen molar-refractivity contribution >= 4 is 5.97 Å². The topological polar surface area (TPSA) is 38.3 Å². The van der Waals surface area contributed by atoms with Gasteiger partial charge in [0.2, 0.25) is 0 Å². The van der Waals surface area contributed by atoms with Crippen molar-refractivity contribution < 1.29 is 9.53 Å². The summed E-state index contributed by atoms with van der Waals surface area (Å²) in [6.07, 6.45) is 7.78. The molecule has 3 heteroatoms. The Hall–Kier alpha value is -1.27. The zero-order valence-electron chi connectivity index (χ0n) is 9.89. The highest BCUT2D eigenvalue weighted by molar-refractivity contribution is 5.88. The maximum Gasteiger partial charge on any atom is 0.333 e. The van der Waals surface area contributed by atoms with Crippen LogP contribution in [0.1, 0.15) is 27.2 Å². The first-order valence-corrected chi connectivity index (χ1v) is 4.97. The van der Waals surface area contributed by atoms with Gasteiger partial charge in [-0.2, -0.15) is 0 Å². The van der Waals surface area contributed by atoms with E-state index >= 15 is 0 Å². The summed E-state index contributed by atoms with van der Waals surface area (Å²) in [5, 5.41) is 3.13. The van der Waals surface area contributed by atoms with E-state index in [4.69, 9.17) is 6.42 Å². The van der Waals surface area contributed by atoms with Gasteiger partial charge in [-0.3, -0.25) is 5.32 Å². The van der Waals surface area contributed by atoms with Gasteiger partial charge < -0.3 is 4.74 Å². The second kappa shape index (κ2) is 6.26.